The Morgan fingerprint density at radius 3 is 2.60 bits per heavy atom. The van der Waals surface area contributed by atoms with Crippen molar-refractivity contribution in [3.05, 3.63) is 12.7 Å². The molecule has 0 rings (SSSR count). The van der Waals surface area contributed by atoms with Crippen LogP contribution in [0.5, 0.6) is 0 Å². The lowest BCUT2D eigenvalue weighted by molar-refractivity contribution is -0.138. The number of nitrogens with zero attached hydrogens (tertiary/aromatic N) is 1. The summed E-state index contributed by atoms with van der Waals surface area (Å²) in [7, 11) is 0. The van der Waals surface area contributed by atoms with Gasteiger partial charge in [0, 0.05) is 6.08 Å². The number of aliphatic hydroxyl groups is 2. The molecule has 0 aromatic rings. The molecule has 0 atom stereocenters. The standard InChI is InChI=1S/C8H14N2O5/c1-2-7(13)15-4-3-10(6-12)8(14)9-5-11/h2,11-12H,1,3-6H2,(H,9,14). The number of carbonyl (C=O) groups is 2. The third-order valence-corrected chi connectivity index (χ3v) is 1.46. The molecule has 0 aromatic heterocycles. The third-order valence-electron chi connectivity index (χ3n) is 1.46. The average Bonchev–Trinajstić information content (AvgIpc) is 2.24. The van der Waals surface area contributed by atoms with Gasteiger partial charge in [-0.05, 0) is 0 Å². The van der Waals surface area contributed by atoms with Crippen LogP contribution in [0.4, 0.5) is 4.79 Å². The van der Waals surface area contributed by atoms with Crippen molar-refractivity contribution in [1.82, 2.24) is 10.2 Å². The summed E-state index contributed by atoms with van der Waals surface area (Å²) in [6.07, 6.45) is 0.997. The summed E-state index contributed by atoms with van der Waals surface area (Å²) in [6, 6.07) is -0.644. The van der Waals surface area contributed by atoms with Gasteiger partial charge in [-0.2, -0.15) is 0 Å². The van der Waals surface area contributed by atoms with E-state index in [1.54, 1.807) is 0 Å². The molecule has 2 amide bonds. The van der Waals surface area contributed by atoms with Crippen molar-refractivity contribution in [1.29, 1.82) is 0 Å². The number of rotatable bonds is 6. The zero-order valence-electron chi connectivity index (χ0n) is 8.18. The highest BCUT2D eigenvalue weighted by atomic mass is 16.5. The largest absolute Gasteiger partial charge is 0.461 e. The summed E-state index contributed by atoms with van der Waals surface area (Å²) in [6.45, 7) is 2.12. The van der Waals surface area contributed by atoms with Gasteiger partial charge in [-0.3, -0.25) is 4.90 Å². The minimum atomic E-state index is -0.644. The number of nitrogens with one attached hydrogen (secondary N) is 1. The van der Waals surface area contributed by atoms with Gasteiger partial charge in [0.2, 0.25) is 0 Å². The Balaban J connectivity index is 3.84. The van der Waals surface area contributed by atoms with Crippen LogP contribution >= 0.6 is 0 Å². The second-order valence-corrected chi connectivity index (χ2v) is 2.42. The number of aliphatic hydroxyl groups excluding tert-OH is 2. The molecular weight excluding hydrogens is 204 g/mol. The van der Waals surface area contributed by atoms with Crippen LogP contribution in [-0.4, -0.2) is 53.7 Å². The highest BCUT2D eigenvalue weighted by molar-refractivity contribution is 5.81. The van der Waals surface area contributed by atoms with Crippen molar-refractivity contribution in [3.8, 4) is 0 Å². The van der Waals surface area contributed by atoms with Crippen molar-refractivity contribution >= 4 is 12.0 Å². The summed E-state index contributed by atoms with van der Waals surface area (Å²) in [5.41, 5.74) is 0. The van der Waals surface area contributed by atoms with Crippen molar-refractivity contribution in [2.45, 2.75) is 0 Å². The monoisotopic (exact) mass is 218 g/mol. The molecule has 7 nitrogen and oxygen atoms in total. The highest BCUT2D eigenvalue weighted by Crippen LogP contribution is 1.89. The van der Waals surface area contributed by atoms with Crippen LogP contribution in [0.3, 0.4) is 0 Å². The Hall–Kier alpha value is -1.60. The van der Waals surface area contributed by atoms with E-state index < -0.39 is 25.5 Å². The first-order valence-electron chi connectivity index (χ1n) is 4.19. The first-order valence-corrected chi connectivity index (χ1v) is 4.19. The van der Waals surface area contributed by atoms with Crippen LogP contribution in [0.25, 0.3) is 0 Å². The predicted octanol–water partition coefficient (Wildman–Crippen LogP) is -1.37. The maximum atomic E-state index is 11.1. The lowest BCUT2D eigenvalue weighted by Crippen LogP contribution is -2.42. The molecule has 0 bridgehead atoms. The van der Waals surface area contributed by atoms with Crippen LogP contribution in [0.15, 0.2) is 12.7 Å². The van der Waals surface area contributed by atoms with Gasteiger partial charge >= 0.3 is 12.0 Å². The summed E-state index contributed by atoms with van der Waals surface area (Å²) >= 11 is 0. The number of hydrogen-bond acceptors (Lipinski definition) is 5. The van der Waals surface area contributed by atoms with E-state index in [2.05, 4.69) is 16.6 Å². The molecule has 7 heteroatoms. The molecule has 0 heterocycles. The van der Waals surface area contributed by atoms with Crippen molar-refractivity contribution in [3.63, 3.8) is 0 Å². The number of hydrogen-bond donors (Lipinski definition) is 3. The fraction of sp³-hybridized carbons (Fsp3) is 0.500. The number of amides is 2. The molecule has 0 aliphatic rings. The molecule has 3 N–H and O–H groups in total. The van der Waals surface area contributed by atoms with E-state index in [1.807, 2.05) is 0 Å². The highest BCUT2D eigenvalue weighted by Gasteiger charge is 2.11. The molecule has 86 valence electrons. The summed E-state index contributed by atoms with van der Waals surface area (Å²) in [5.74, 6) is -0.601. The SMILES string of the molecule is C=CC(=O)OCCN(CO)C(=O)NCO. The van der Waals surface area contributed by atoms with Crippen LogP contribution in [0.2, 0.25) is 0 Å². The number of ether oxygens (including phenoxy) is 1. The van der Waals surface area contributed by atoms with Gasteiger partial charge in [0.25, 0.3) is 0 Å². The number of carbonyl (C=O) groups excluding carboxylic acids is 2. The van der Waals surface area contributed by atoms with Gasteiger partial charge in [0.15, 0.2) is 0 Å². The van der Waals surface area contributed by atoms with Crippen LogP contribution in [-0.2, 0) is 9.53 Å². The van der Waals surface area contributed by atoms with Crippen LogP contribution in [0.1, 0.15) is 0 Å². The van der Waals surface area contributed by atoms with Crippen molar-refractivity contribution < 1.29 is 24.5 Å². The molecule has 0 unspecified atom stereocenters. The zero-order chi connectivity index (χ0) is 11.7. The molecule has 15 heavy (non-hydrogen) atoms. The molecular formula is C8H14N2O5. The quantitative estimate of drug-likeness (QED) is 0.290. The molecule has 0 saturated heterocycles. The Bertz CT molecular complexity index is 231. The molecule has 0 radical (unpaired) electrons. The minimum Gasteiger partial charge on any atom is -0.461 e. The lowest BCUT2D eigenvalue weighted by Gasteiger charge is -2.19. The Labute approximate surface area is 86.9 Å². The first-order chi connectivity index (χ1) is 7.15. The molecule has 0 aliphatic heterocycles. The van der Waals surface area contributed by atoms with E-state index in [4.69, 9.17) is 10.2 Å². The van der Waals surface area contributed by atoms with E-state index in [9.17, 15) is 9.59 Å². The fourth-order valence-corrected chi connectivity index (χ4v) is 0.731. The third kappa shape index (κ3) is 5.66. The van der Waals surface area contributed by atoms with Gasteiger partial charge in [-0.15, -0.1) is 0 Å². The van der Waals surface area contributed by atoms with Crippen molar-refractivity contribution in [2.75, 3.05) is 26.6 Å². The number of esters is 1. The normalized spacial score (nSPS) is 9.20. The summed E-state index contributed by atoms with van der Waals surface area (Å²) in [5, 5.41) is 19.2. The Kier molecular flexibility index (Phi) is 6.94. The van der Waals surface area contributed by atoms with Gasteiger partial charge < -0.3 is 20.3 Å². The van der Waals surface area contributed by atoms with Crippen molar-refractivity contribution in [2.24, 2.45) is 0 Å². The maximum Gasteiger partial charge on any atom is 0.330 e. The van der Waals surface area contributed by atoms with Gasteiger partial charge in [-0.25, -0.2) is 9.59 Å². The lowest BCUT2D eigenvalue weighted by atomic mass is 10.6. The van der Waals surface area contributed by atoms with Crippen LogP contribution < -0.4 is 5.32 Å². The molecule has 0 spiro atoms. The van der Waals surface area contributed by atoms with E-state index in [-0.39, 0.29) is 13.2 Å². The smallest absolute Gasteiger partial charge is 0.330 e. The van der Waals surface area contributed by atoms with E-state index >= 15 is 0 Å². The number of urea groups is 1. The summed E-state index contributed by atoms with van der Waals surface area (Å²) < 4.78 is 4.60. The maximum absolute atomic E-state index is 11.1. The average molecular weight is 218 g/mol. The predicted molar refractivity (Wildman–Crippen MR) is 50.6 cm³/mol. The molecule has 0 aromatic carbocycles. The van der Waals surface area contributed by atoms with Gasteiger partial charge in [0.05, 0.1) is 6.54 Å². The molecule has 0 fully saturated rings. The molecule has 0 saturated carbocycles. The van der Waals surface area contributed by atoms with Gasteiger partial charge in [0.1, 0.15) is 20.1 Å². The van der Waals surface area contributed by atoms with Crippen LogP contribution in [0, 0.1) is 0 Å². The van der Waals surface area contributed by atoms with E-state index in [0.29, 0.717) is 0 Å². The minimum absolute atomic E-state index is 0.0297. The Morgan fingerprint density at radius 1 is 1.47 bits per heavy atom. The first kappa shape index (κ1) is 13.4. The Morgan fingerprint density at radius 2 is 2.13 bits per heavy atom. The topological polar surface area (TPSA) is 99.1 Å². The second kappa shape index (κ2) is 7.77. The zero-order valence-corrected chi connectivity index (χ0v) is 8.18. The molecule has 0 aliphatic carbocycles. The second-order valence-electron chi connectivity index (χ2n) is 2.42. The van der Waals surface area contributed by atoms with E-state index in [0.717, 1.165) is 11.0 Å². The van der Waals surface area contributed by atoms with E-state index in [1.165, 1.54) is 0 Å². The summed E-state index contributed by atoms with van der Waals surface area (Å²) in [4.78, 5) is 22.6. The van der Waals surface area contributed by atoms with Gasteiger partial charge in [-0.1, -0.05) is 6.58 Å². The fourth-order valence-electron chi connectivity index (χ4n) is 0.731.